The van der Waals surface area contributed by atoms with Crippen molar-refractivity contribution in [2.45, 2.75) is 46.1 Å². The number of carbonyl (C=O) groups excluding carboxylic acids is 1. The average molecular weight is 248 g/mol. The SMILES string of the molecule is CC1(C)CCCN(C(=O)CCCn2cccc2)C1. The maximum atomic E-state index is 12.1. The van der Waals surface area contributed by atoms with Crippen LogP contribution < -0.4 is 0 Å². The summed E-state index contributed by atoms with van der Waals surface area (Å²) < 4.78 is 2.13. The van der Waals surface area contributed by atoms with Crippen LogP contribution in [0.15, 0.2) is 24.5 Å². The third-order valence-corrected chi connectivity index (χ3v) is 3.73. The number of aromatic nitrogens is 1. The monoisotopic (exact) mass is 248 g/mol. The first-order valence-corrected chi connectivity index (χ1v) is 6.95. The lowest BCUT2D eigenvalue weighted by Gasteiger charge is -2.38. The van der Waals surface area contributed by atoms with Gasteiger partial charge in [-0.25, -0.2) is 0 Å². The number of rotatable bonds is 4. The lowest BCUT2D eigenvalue weighted by molar-refractivity contribution is -0.134. The molecule has 1 aliphatic heterocycles. The largest absolute Gasteiger partial charge is 0.354 e. The number of carbonyl (C=O) groups is 1. The summed E-state index contributed by atoms with van der Waals surface area (Å²) in [6, 6.07) is 4.05. The third kappa shape index (κ3) is 3.62. The van der Waals surface area contributed by atoms with Crippen molar-refractivity contribution in [3.8, 4) is 0 Å². The molecule has 0 aromatic carbocycles. The van der Waals surface area contributed by atoms with Crippen LogP contribution in [0.3, 0.4) is 0 Å². The molecule has 0 N–H and O–H groups in total. The zero-order chi connectivity index (χ0) is 13.0. The van der Waals surface area contributed by atoms with Gasteiger partial charge in [0.25, 0.3) is 0 Å². The maximum absolute atomic E-state index is 12.1. The van der Waals surface area contributed by atoms with E-state index in [4.69, 9.17) is 0 Å². The van der Waals surface area contributed by atoms with Crippen LogP contribution in [0, 0.1) is 5.41 Å². The van der Waals surface area contributed by atoms with Gasteiger partial charge in [-0.3, -0.25) is 4.79 Å². The zero-order valence-corrected chi connectivity index (χ0v) is 11.6. The Kier molecular flexibility index (Phi) is 4.10. The molecular formula is C15H24N2O. The van der Waals surface area contributed by atoms with E-state index in [9.17, 15) is 4.79 Å². The number of nitrogens with zero attached hydrogens (tertiary/aromatic N) is 2. The molecule has 0 atom stereocenters. The fourth-order valence-electron chi connectivity index (χ4n) is 2.73. The molecular weight excluding hydrogens is 224 g/mol. The molecule has 0 unspecified atom stereocenters. The quantitative estimate of drug-likeness (QED) is 0.804. The topological polar surface area (TPSA) is 25.2 Å². The number of likely N-dealkylation sites (tertiary alicyclic amines) is 1. The minimum Gasteiger partial charge on any atom is -0.354 e. The molecule has 0 radical (unpaired) electrons. The molecule has 1 saturated heterocycles. The Hall–Kier alpha value is -1.25. The summed E-state index contributed by atoms with van der Waals surface area (Å²) in [5, 5.41) is 0. The molecule has 18 heavy (non-hydrogen) atoms. The molecule has 3 nitrogen and oxygen atoms in total. The minimum atomic E-state index is 0.300. The molecule has 0 saturated carbocycles. The van der Waals surface area contributed by atoms with Crippen LogP contribution in [0.4, 0.5) is 0 Å². The van der Waals surface area contributed by atoms with Crippen LogP contribution in [0.25, 0.3) is 0 Å². The van der Waals surface area contributed by atoms with E-state index in [-0.39, 0.29) is 0 Å². The van der Waals surface area contributed by atoms with E-state index in [1.807, 2.05) is 12.1 Å². The van der Waals surface area contributed by atoms with E-state index in [1.165, 1.54) is 6.42 Å². The van der Waals surface area contributed by atoms with Gasteiger partial charge in [-0.05, 0) is 36.8 Å². The van der Waals surface area contributed by atoms with Crippen LogP contribution in [-0.4, -0.2) is 28.5 Å². The van der Waals surface area contributed by atoms with Crippen LogP contribution in [0.2, 0.25) is 0 Å². The highest BCUT2D eigenvalue weighted by molar-refractivity contribution is 5.76. The number of aryl methyl sites for hydroxylation is 1. The number of hydrogen-bond acceptors (Lipinski definition) is 1. The van der Waals surface area contributed by atoms with Gasteiger partial charge in [0.15, 0.2) is 0 Å². The van der Waals surface area contributed by atoms with Crippen molar-refractivity contribution in [2.75, 3.05) is 13.1 Å². The first kappa shape index (κ1) is 13.2. The highest BCUT2D eigenvalue weighted by Crippen LogP contribution is 2.28. The van der Waals surface area contributed by atoms with Crippen molar-refractivity contribution < 1.29 is 4.79 Å². The van der Waals surface area contributed by atoms with Crippen molar-refractivity contribution >= 4 is 5.91 Å². The second-order valence-corrected chi connectivity index (χ2v) is 6.11. The second kappa shape index (κ2) is 5.59. The van der Waals surface area contributed by atoms with Crippen molar-refractivity contribution in [1.82, 2.24) is 9.47 Å². The Labute approximate surface area is 110 Å². The van der Waals surface area contributed by atoms with E-state index < -0.39 is 0 Å². The fraction of sp³-hybridized carbons (Fsp3) is 0.667. The van der Waals surface area contributed by atoms with E-state index >= 15 is 0 Å². The zero-order valence-electron chi connectivity index (χ0n) is 11.6. The predicted molar refractivity (Wildman–Crippen MR) is 73.3 cm³/mol. The van der Waals surface area contributed by atoms with Crippen molar-refractivity contribution in [1.29, 1.82) is 0 Å². The van der Waals surface area contributed by atoms with Gasteiger partial charge in [-0.1, -0.05) is 13.8 Å². The fourth-order valence-corrected chi connectivity index (χ4v) is 2.73. The first-order valence-electron chi connectivity index (χ1n) is 6.95. The lowest BCUT2D eigenvalue weighted by atomic mass is 9.84. The summed E-state index contributed by atoms with van der Waals surface area (Å²) in [6.45, 7) is 7.33. The summed E-state index contributed by atoms with van der Waals surface area (Å²) in [5.41, 5.74) is 0.300. The predicted octanol–water partition coefficient (Wildman–Crippen LogP) is 2.92. The Bertz CT molecular complexity index is 381. The van der Waals surface area contributed by atoms with Crippen LogP contribution in [0.1, 0.15) is 39.5 Å². The van der Waals surface area contributed by atoms with Crippen molar-refractivity contribution in [3.05, 3.63) is 24.5 Å². The van der Waals surface area contributed by atoms with Gasteiger partial charge in [0.2, 0.25) is 5.91 Å². The second-order valence-electron chi connectivity index (χ2n) is 6.11. The third-order valence-electron chi connectivity index (χ3n) is 3.73. The molecule has 1 aromatic rings. The number of hydrogen-bond donors (Lipinski definition) is 0. The highest BCUT2D eigenvalue weighted by Gasteiger charge is 2.28. The summed E-state index contributed by atoms with van der Waals surface area (Å²) in [6.07, 6.45) is 8.10. The molecule has 2 rings (SSSR count). The molecule has 1 aliphatic rings. The minimum absolute atomic E-state index is 0.300. The van der Waals surface area contributed by atoms with E-state index in [0.29, 0.717) is 17.7 Å². The maximum Gasteiger partial charge on any atom is 0.222 e. The Morgan fingerprint density at radius 3 is 2.67 bits per heavy atom. The Morgan fingerprint density at radius 1 is 1.28 bits per heavy atom. The molecule has 0 bridgehead atoms. The van der Waals surface area contributed by atoms with Gasteiger partial charge in [0, 0.05) is 38.4 Å². The Morgan fingerprint density at radius 2 is 2.00 bits per heavy atom. The first-order chi connectivity index (χ1) is 8.57. The normalized spacial score (nSPS) is 18.9. The van der Waals surface area contributed by atoms with E-state index in [1.54, 1.807) is 0 Å². The van der Waals surface area contributed by atoms with Crippen LogP contribution in [0.5, 0.6) is 0 Å². The molecule has 1 aromatic heterocycles. The molecule has 100 valence electrons. The molecule has 3 heteroatoms. The summed E-state index contributed by atoms with van der Waals surface area (Å²) in [7, 11) is 0. The average Bonchev–Trinajstić information content (AvgIpc) is 2.80. The van der Waals surface area contributed by atoms with Gasteiger partial charge >= 0.3 is 0 Å². The lowest BCUT2D eigenvalue weighted by Crippen LogP contribution is -2.43. The number of amides is 1. The molecule has 0 aliphatic carbocycles. The van der Waals surface area contributed by atoms with Crippen molar-refractivity contribution in [3.63, 3.8) is 0 Å². The van der Waals surface area contributed by atoms with Gasteiger partial charge < -0.3 is 9.47 Å². The van der Waals surface area contributed by atoms with Gasteiger partial charge in [0.05, 0.1) is 0 Å². The standard InChI is InChI=1S/C15H24N2O/c1-15(2)8-6-12-17(13-15)14(18)7-5-11-16-9-3-4-10-16/h3-4,9-10H,5-8,11-13H2,1-2H3. The van der Waals surface area contributed by atoms with E-state index in [0.717, 1.165) is 32.5 Å². The van der Waals surface area contributed by atoms with Crippen LogP contribution in [-0.2, 0) is 11.3 Å². The van der Waals surface area contributed by atoms with Gasteiger partial charge in [0.1, 0.15) is 0 Å². The molecule has 1 fully saturated rings. The Balaban J connectivity index is 1.74. The van der Waals surface area contributed by atoms with Gasteiger partial charge in [-0.15, -0.1) is 0 Å². The van der Waals surface area contributed by atoms with E-state index in [2.05, 4.69) is 35.7 Å². The van der Waals surface area contributed by atoms with Crippen molar-refractivity contribution in [2.24, 2.45) is 5.41 Å². The smallest absolute Gasteiger partial charge is 0.222 e. The number of piperidine rings is 1. The molecule has 0 spiro atoms. The molecule has 1 amide bonds. The summed E-state index contributed by atoms with van der Waals surface area (Å²) in [4.78, 5) is 14.2. The highest BCUT2D eigenvalue weighted by atomic mass is 16.2. The summed E-state index contributed by atoms with van der Waals surface area (Å²) >= 11 is 0. The summed E-state index contributed by atoms with van der Waals surface area (Å²) in [5.74, 6) is 0.329. The van der Waals surface area contributed by atoms with Crippen LogP contribution >= 0.6 is 0 Å². The van der Waals surface area contributed by atoms with Gasteiger partial charge in [-0.2, -0.15) is 0 Å². The molecule has 2 heterocycles.